The number of hydrogen-bond donors (Lipinski definition) is 1. The Morgan fingerprint density at radius 1 is 1.04 bits per heavy atom. The van der Waals surface area contributed by atoms with E-state index in [0.29, 0.717) is 17.0 Å². The summed E-state index contributed by atoms with van der Waals surface area (Å²) < 4.78 is 12.9. The Morgan fingerprint density at radius 3 is 2.39 bits per heavy atom. The van der Waals surface area contributed by atoms with Crippen LogP contribution in [0, 0.1) is 12.7 Å². The molecule has 0 aliphatic heterocycles. The van der Waals surface area contributed by atoms with Gasteiger partial charge in [-0.25, -0.2) is 14.4 Å². The van der Waals surface area contributed by atoms with E-state index in [4.69, 9.17) is 0 Å². The van der Waals surface area contributed by atoms with E-state index < -0.39 is 0 Å². The Morgan fingerprint density at radius 2 is 1.74 bits per heavy atom. The van der Waals surface area contributed by atoms with Crippen molar-refractivity contribution in [3.63, 3.8) is 0 Å². The van der Waals surface area contributed by atoms with Crippen LogP contribution in [0.15, 0.2) is 60.9 Å². The number of aryl methyl sites for hydroxylation is 1. The highest BCUT2D eigenvalue weighted by Gasteiger charge is 2.09. The molecule has 4 nitrogen and oxygen atoms in total. The minimum Gasteiger partial charge on any atom is -0.322 e. The highest BCUT2D eigenvalue weighted by molar-refractivity contribution is 6.03. The molecule has 1 aromatic heterocycles. The fourth-order valence-corrected chi connectivity index (χ4v) is 2.12. The third-order valence-electron chi connectivity index (χ3n) is 3.29. The summed E-state index contributed by atoms with van der Waals surface area (Å²) in [5.74, 6) is -0.152. The van der Waals surface area contributed by atoms with Crippen LogP contribution in [0.5, 0.6) is 0 Å². The molecule has 0 bridgehead atoms. The maximum atomic E-state index is 12.9. The molecular weight excluding hydrogens is 293 g/mol. The fraction of sp³-hybridized carbons (Fsp3) is 0.0556. The van der Waals surface area contributed by atoms with Gasteiger partial charge in [-0.15, -0.1) is 0 Å². The lowest BCUT2D eigenvalue weighted by Crippen LogP contribution is -2.12. The van der Waals surface area contributed by atoms with E-state index >= 15 is 0 Å². The number of nitrogens with one attached hydrogen (secondary N) is 1. The minimum absolute atomic E-state index is 0.277. The largest absolute Gasteiger partial charge is 0.322 e. The maximum absolute atomic E-state index is 12.9. The normalized spacial score (nSPS) is 10.3. The van der Waals surface area contributed by atoms with Crippen LogP contribution < -0.4 is 5.32 Å². The smallest absolute Gasteiger partial charge is 0.258 e. The molecule has 1 N–H and O–H groups in total. The minimum atomic E-state index is -0.317. The lowest BCUT2D eigenvalue weighted by molar-refractivity contribution is 0.102. The topological polar surface area (TPSA) is 54.9 Å². The first-order chi connectivity index (χ1) is 11.1. The van der Waals surface area contributed by atoms with Gasteiger partial charge in [0.15, 0.2) is 5.82 Å². The zero-order valence-corrected chi connectivity index (χ0v) is 12.5. The molecule has 2 aromatic carbocycles. The van der Waals surface area contributed by atoms with Crippen molar-refractivity contribution in [2.24, 2.45) is 0 Å². The highest BCUT2D eigenvalue weighted by Crippen LogP contribution is 2.15. The first-order valence-corrected chi connectivity index (χ1v) is 7.08. The molecule has 3 rings (SSSR count). The number of hydrogen-bond acceptors (Lipinski definition) is 3. The summed E-state index contributed by atoms with van der Waals surface area (Å²) in [5.41, 5.74) is 2.83. The second kappa shape index (κ2) is 6.36. The van der Waals surface area contributed by atoms with Crippen molar-refractivity contribution < 1.29 is 9.18 Å². The standard InChI is InChI=1S/C18H14FN3O/c1-12-3-2-4-16(9-12)22-18(23)14-10-20-17(21-11-14)13-5-7-15(19)8-6-13/h2-11H,1H3,(H,22,23). The van der Waals surface area contributed by atoms with Gasteiger partial charge in [-0.3, -0.25) is 4.79 Å². The Kier molecular flexibility index (Phi) is 4.10. The van der Waals surface area contributed by atoms with Crippen LogP contribution in [0.2, 0.25) is 0 Å². The van der Waals surface area contributed by atoms with Crippen molar-refractivity contribution in [1.29, 1.82) is 0 Å². The molecule has 0 fully saturated rings. The van der Waals surface area contributed by atoms with E-state index in [1.54, 1.807) is 12.1 Å². The van der Waals surface area contributed by atoms with Crippen molar-refractivity contribution in [3.05, 3.63) is 77.9 Å². The van der Waals surface area contributed by atoms with Crippen LogP contribution in [-0.4, -0.2) is 15.9 Å². The molecule has 1 amide bonds. The second-order valence-corrected chi connectivity index (χ2v) is 5.13. The summed E-state index contributed by atoms with van der Waals surface area (Å²) in [6.45, 7) is 1.95. The molecular formula is C18H14FN3O. The number of nitrogens with zero attached hydrogens (tertiary/aromatic N) is 2. The summed E-state index contributed by atoms with van der Waals surface area (Å²) >= 11 is 0. The van der Waals surface area contributed by atoms with Gasteiger partial charge in [-0.2, -0.15) is 0 Å². The Bertz CT molecular complexity index is 830. The molecule has 0 unspecified atom stereocenters. The quantitative estimate of drug-likeness (QED) is 0.799. The summed E-state index contributed by atoms with van der Waals surface area (Å²) in [4.78, 5) is 20.5. The molecule has 0 aliphatic carbocycles. The molecule has 114 valence electrons. The van der Waals surface area contributed by atoms with Crippen molar-refractivity contribution in [2.45, 2.75) is 6.92 Å². The zero-order valence-electron chi connectivity index (χ0n) is 12.5. The van der Waals surface area contributed by atoms with E-state index in [-0.39, 0.29) is 11.7 Å². The first kappa shape index (κ1) is 14.8. The molecule has 0 spiro atoms. The van der Waals surface area contributed by atoms with Gasteiger partial charge in [0.05, 0.1) is 5.56 Å². The number of rotatable bonds is 3. The molecule has 0 aliphatic rings. The van der Waals surface area contributed by atoms with Crippen LogP contribution in [0.4, 0.5) is 10.1 Å². The van der Waals surface area contributed by atoms with Crippen LogP contribution in [-0.2, 0) is 0 Å². The number of carbonyl (C=O) groups excluding carboxylic acids is 1. The van der Waals surface area contributed by atoms with Crippen LogP contribution in [0.3, 0.4) is 0 Å². The Labute approximate surface area is 133 Å². The summed E-state index contributed by atoms with van der Waals surface area (Å²) in [7, 11) is 0. The average Bonchev–Trinajstić information content (AvgIpc) is 2.56. The van der Waals surface area contributed by atoms with Crippen molar-refractivity contribution >= 4 is 11.6 Å². The SMILES string of the molecule is Cc1cccc(NC(=O)c2cnc(-c3ccc(F)cc3)nc2)c1. The lowest BCUT2D eigenvalue weighted by atomic mass is 10.2. The van der Waals surface area contributed by atoms with Gasteiger partial charge in [0.1, 0.15) is 5.82 Å². The maximum Gasteiger partial charge on any atom is 0.258 e. The zero-order chi connectivity index (χ0) is 16.2. The molecule has 3 aromatic rings. The van der Waals surface area contributed by atoms with Gasteiger partial charge in [-0.05, 0) is 48.9 Å². The predicted octanol–water partition coefficient (Wildman–Crippen LogP) is 3.84. The van der Waals surface area contributed by atoms with Crippen molar-refractivity contribution in [2.75, 3.05) is 5.32 Å². The van der Waals surface area contributed by atoms with Gasteiger partial charge in [-0.1, -0.05) is 12.1 Å². The Balaban J connectivity index is 1.76. The Hall–Kier alpha value is -3.08. The number of carbonyl (C=O) groups is 1. The molecule has 23 heavy (non-hydrogen) atoms. The fourth-order valence-electron chi connectivity index (χ4n) is 2.12. The second-order valence-electron chi connectivity index (χ2n) is 5.13. The first-order valence-electron chi connectivity index (χ1n) is 7.08. The van der Waals surface area contributed by atoms with Gasteiger partial charge in [0.25, 0.3) is 5.91 Å². The van der Waals surface area contributed by atoms with E-state index in [9.17, 15) is 9.18 Å². The average molecular weight is 307 g/mol. The van der Waals surface area contributed by atoms with Crippen LogP contribution in [0.25, 0.3) is 11.4 Å². The van der Waals surface area contributed by atoms with Gasteiger partial charge < -0.3 is 5.32 Å². The molecule has 0 radical (unpaired) electrons. The van der Waals surface area contributed by atoms with E-state index in [2.05, 4.69) is 15.3 Å². The summed E-state index contributed by atoms with van der Waals surface area (Å²) in [6, 6.07) is 13.4. The van der Waals surface area contributed by atoms with Gasteiger partial charge in [0.2, 0.25) is 0 Å². The molecule has 0 saturated carbocycles. The van der Waals surface area contributed by atoms with Gasteiger partial charge in [0, 0.05) is 23.6 Å². The van der Waals surface area contributed by atoms with E-state index in [1.807, 2.05) is 31.2 Å². The van der Waals surface area contributed by atoms with Crippen molar-refractivity contribution in [1.82, 2.24) is 9.97 Å². The van der Waals surface area contributed by atoms with Gasteiger partial charge >= 0.3 is 0 Å². The monoisotopic (exact) mass is 307 g/mol. The molecule has 0 saturated heterocycles. The third-order valence-corrected chi connectivity index (χ3v) is 3.29. The lowest BCUT2D eigenvalue weighted by Gasteiger charge is -2.06. The predicted molar refractivity (Wildman–Crippen MR) is 86.6 cm³/mol. The molecule has 1 heterocycles. The third kappa shape index (κ3) is 3.58. The van der Waals surface area contributed by atoms with Crippen LogP contribution in [0.1, 0.15) is 15.9 Å². The molecule has 0 atom stereocenters. The van der Waals surface area contributed by atoms with E-state index in [0.717, 1.165) is 11.3 Å². The number of aromatic nitrogens is 2. The number of benzene rings is 2. The summed E-state index contributed by atoms with van der Waals surface area (Å²) in [6.07, 6.45) is 2.91. The number of anilines is 1. The highest BCUT2D eigenvalue weighted by atomic mass is 19.1. The summed E-state index contributed by atoms with van der Waals surface area (Å²) in [5, 5.41) is 2.80. The van der Waals surface area contributed by atoms with Crippen LogP contribution >= 0.6 is 0 Å². The molecule has 5 heteroatoms. The number of halogens is 1. The van der Waals surface area contributed by atoms with E-state index in [1.165, 1.54) is 24.5 Å². The van der Waals surface area contributed by atoms with Crippen molar-refractivity contribution in [3.8, 4) is 11.4 Å². The number of amides is 1.